The van der Waals surface area contributed by atoms with Gasteiger partial charge in [-0.1, -0.05) is 73.6 Å². The predicted molar refractivity (Wildman–Crippen MR) is 120 cm³/mol. The average molecular weight is 385 g/mol. The summed E-state index contributed by atoms with van der Waals surface area (Å²) in [4.78, 5) is 0. The van der Waals surface area contributed by atoms with Gasteiger partial charge in [-0.05, 0) is 63.2 Å². The Hall–Kier alpha value is -0.0800. The lowest BCUT2D eigenvalue weighted by Gasteiger charge is -2.23. The van der Waals surface area contributed by atoms with Gasteiger partial charge in [-0.25, -0.2) is 0 Å². The lowest BCUT2D eigenvalue weighted by atomic mass is 9.95. The van der Waals surface area contributed by atoms with E-state index < -0.39 is 0 Å². The summed E-state index contributed by atoms with van der Waals surface area (Å²) >= 11 is 0. The van der Waals surface area contributed by atoms with Gasteiger partial charge in [-0.2, -0.15) is 0 Å². The van der Waals surface area contributed by atoms with Crippen LogP contribution in [0.5, 0.6) is 0 Å². The van der Waals surface area contributed by atoms with Gasteiger partial charge in [0, 0.05) is 13.2 Å². The second-order valence-electron chi connectivity index (χ2n) is 9.97. The zero-order chi connectivity index (χ0) is 20.7. The Morgan fingerprint density at radius 2 is 1.15 bits per heavy atom. The lowest BCUT2D eigenvalue weighted by molar-refractivity contribution is 0.00906. The summed E-state index contributed by atoms with van der Waals surface area (Å²) < 4.78 is 11.9. The topological polar surface area (TPSA) is 18.5 Å². The van der Waals surface area contributed by atoms with Gasteiger partial charge in [0.2, 0.25) is 0 Å². The summed E-state index contributed by atoms with van der Waals surface area (Å²) in [6, 6.07) is 0. The normalized spacial score (nSPS) is 15.7. The molecule has 0 rings (SSSR count). The SMILES string of the molecule is CC(C)CCCC(C)CCCCOC(CCC(C)CCOC(C)C)C(C)C. The molecule has 0 aliphatic carbocycles. The summed E-state index contributed by atoms with van der Waals surface area (Å²) in [6.07, 6.45) is 12.4. The second kappa shape index (κ2) is 16.8. The third kappa shape index (κ3) is 17.7. The molecule has 0 spiro atoms. The van der Waals surface area contributed by atoms with Crippen LogP contribution in [0.4, 0.5) is 0 Å². The molecule has 0 aromatic heterocycles. The van der Waals surface area contributed by atoms with Gasteiger partial charge in [0.1, 0.15) is 0 Å². The average Bonchev–Trinajstić information content (AvgIpc) is 2.56. The Balaban J connectivity index is 3.80. The summed E-state index contributed by atoms with van der Waals surface area (Å²) in [5.41, 5.74) is 0. The molecule has 27 heavy (non-hydrogen) atoms. The molecule has 2 heteroatoms. The number of hydrogen-bond donors (Lipinski definition) is 0. The van der Waals surface area contributed by atoms with Crippen LogP contribution in [0, 0.1) is 23.7 Å². The van der Waals surface area contributed by atoms with Crippen LogP contribution in [0.3, 0.4) is 0 Å². The van der Waals surface area contributed by atoms with Crippen molar-refractivity contribution in [1.29, 1.82) is 0 Å². The molecule has 0 amide bonds. The number of rotatable bonds is 18. The van der Waals surface area contributed by atoms with Gasteiger partial charge in [-0.15, -0.1) is 0 Å². The van der Waals surface area contributed by atoms with Crippen LogP contribution in [-0.4, -0.2) is 25.4 Å². The molecule has 0 saturated heterocycles. The Morgan fingerprint density at radius 1 is 0.519 bits per heavy atom. The van der Waals surface area contributed by atoms with Crippen LogP contribution < -0.4 is 0 Å². The van der Waals surface area contributed by atoms with Crippen molar-refractivity contribution in [2.45, 2.75) is 125 Å². The van der Waals surface area contributed by atoms with Crippen LogP contribution in [0.15, 0.2) is 0 Å². The fourth-order valence-electron chi connectivity index (χ4n) is 3.56. The maximum atomic E-state index is 6.26. The molecule has 0 aliphatic heterocycles. The summed E-state index contributed by atoms with van der Waals surface area (Å²) in [5, 5.41) is 0. The fourth-order valence-corrected chi connectivity index (χ4v) is 3.56. The molecule has 3 unspecified atom stereocenters. The first-order valence-corrected chi connectivity index (χ1v) is 12.0. The standard InChI is InChI=1S/C25H52O2/c1-20(2)12-11-14-23(7)13-9-10-18-27-25(21(3)4)16-15-24(8)17-19-26-22(5)6/h20-25H,9-19H2,1-8H3. The highest BCUT2D eigenvalue weighted by molar-refractivity contribution is 4.66. The molecule has 0 heterocycles. The van der Waals surface area contributed by atoms with Crippen LogP contribution in [0.1, 0.15) is 113 Å². The molecular weight excluding hydrogens is 332 g/mol. The largest absolute Gasteiger partial charge is 0.379 e. The molecule has 0 aromatic carbocycles. The van der Waals surface area contributed by atoms with Gasteiger partial charge in [0.25, 0.3) is 0 Å². The minimum absolute atomic E-state index is 0.349. The van der Waals surface area contributed by atoms with E-state index in [2.05, 4.69) is 55.4 Å². The van der Waals surface area contributed by atoms with E-state index in [0.29, 0.717) is 18.1 Å². The quantitative estimate of drug-likeness (QED) is 0.224. The van der Waals surface area contributed by atoms with Crippen molar-refractivity contribution in [2.75, 3.05) is 13.2 Å². The predicted octanol–water partition coefficient (Wildman–Crippen LogP) is 7.89. The maximum absolute atomic E-state index is 6.26. The summed E-state index contributed by atoms with van der Waals surface area (Å²) in [5.74, 6) is 3.06. The number of ether oxygens (including phenoxy) is 2. The first-order valence-electron chi connectivity index (χ1n) is 12.0. The van der Waals surface area contributed by atoms with Crippen molar-refractivity contribution >= 4 is 0 Å². The van der Waals surface area contributed by atoms with Gasteiger partial charge < -0.3 is 9.47 Å². The van der Waals surface area contributed by atoms with Gasteiger partial charge >= 0.3 is 0 Å². The van der Waals surface area contributed by atoms with Crippen molar-refractivity contribution in [3.05, 3.63) is 0 Å². The van der Waals surface area contributed by atoms with Gasteiger partial charge in [-0.3, -0.25) is 0 Å². The Labute approximate surface area is 172 Å². The molecule has 0 bridgehead atoms. The van der Waals surface area contributed by atoms with Crippen molar-refractivity contribution in [2.24, 2.45) is 23.7 Å². The minimum atomic E-state index is 0.349. The Kier molecular flexibility index (Phi) is 16.8. The Morgan fingerprint density at radius 3 is 1.74 bits per heavy atom. The van der Waals surface area contributed by atoms with Crippen molar-refractivity contribution in [3.63, 3.8) is 0 Å². The van der Waals surface area contributed by atoms with Crippen molar-refractivity contribution in [3.8, 4) is 0 Å². The van der Waals surface area contributed by atoms with E-state index in [0.717, 1.165) is 37.4 Å². The molecule has 0 N–H and O–H groups in total. The molecule has 0 aliphatic rings. The molecule has 0 saturated carbocycles. The first kappa shape index (κ1) is 26.9. The molecule has 164 valence electrons. The van der Waals surface area contributed by atoms with E-state index in [-0.39, 0.29) is 0 Å². The van der Waals surface area contributed by atoms with E-state index in [1.807, 2.05) is 0 Å². The van der Waals surface area contributed by atoms with E-state index in [4.69, 9.17) is 9.47 Å². The van der Waals surface area contributed by atoms with Gasteiger partial charge in [0.15, 0.2) is 0 Å². The first-order chi connectivity index (χ1) is 12.7. The van der Waals surface area contributed by atoms with Crippen LogP contribution >= 0.6 is 0 Å². The Bertz CT molecular complexity index is 311. The van der Waals surface area contributed by atoms with E-state index in [1.54, 1.807) is 0 Å². The van der Waals surface area contributed by atoms with Gasteiger partial charge in [0.05, 0.1) is 12.2 Å². The third-order valence-corrected chi connectivity index (χ3v) is 5.65. The van der Waals surface area contributed by atoms with E-state index >= 15 is 0 Å². The minimum Gasteiger partial charge on any atom is -0.379 e. The highest BCUT2D eigenvalue weighted by Gasteiger charge is 2.15. The van der Waals surface area contributed by atoms with Crippen LogP contribution in [-0.2, 0) is 9.47 Å². The maximum Gasteiger partial charge on any atom is 0.0598 e. The number of hydrogen-bond acceptors (Lipinski definition) is 2. The molecule has 3 atom stereocenters. The zero-order valence-corrected chi connectivity index (χ0v) is 20.1. The summed E-state index contributed by atoms with van der Waals surface area (Å²) in [7, 11) is 0. The van der Waals surface area contributed by atoms with E-state index in [9.17, 15) is 0 Å². The second-order valence-corrected chi connectivity index (χ2v) is 9.97. The third-order valence-electron chi connectivity index (χ3n) is 5.65. The van der Waals surface area contributed by atoms with Crippen molar-refractivity contribution in [1.82, 2.24) is 0 Å². The fraction of sp³-hybridized carbons (Fsp3) is 1.00. The highest BCUT2D eigenvalue weighted by Crippen LogP contribution is 2.21. The molecule has 2 nitrogen and oxygen atoms in total. The molecule has 0 radical (unpaired) electrons. The summed E-state index contributed by atoms with van der Waals surface area (Å²) in [6.45, 7) is 20.1. The smallest absolute Gasteiger partial charge is 0.0598 e. The molecular formula is C25H52O2. The molecule has 0 fully saturated rings. The highest BCUT2D eigenvalue weighted by atomic mass is 16.5. The number of unbranched alkanes of at least 4 members (excludes halogenated alkanes) is 1. The molecule has 0 aromatic rings. The van der Waals surface area contributed by atoms with Crippen LogP contribution in [0.25, 0.3) is 0 Å². The monoisotopic (exact) mass is 384 g/mol. The lowest BCUT2D eigenvalue weighted by Crippen LogP contribution is -2.21. The zero-order valence-electron chi connectivity index (χ0n) is 20.1. The van der Waals surface area contributed by atoms with E-state index in [1.165, 1.54) is 51.4 Å². The van der Waals surface area contributed by atoms with Crippen molar-refractivity contribution < 1.29 is 9.47 Å². The van der Waals surface area contributed by atoms with Crippen LogP contribution in [0.2, 0.25) is 0 Å².